The van der Waals surface area contributed by atoms with Crippen molar-refractivity contribution in [3.63, 3.8) is 0 Å². The van der Waals surface area contributed by atoms with Crippen molar-refractivity contribution in [1.82, 2.24) is 9.55 Å². The van der Waals surface area contributed by atoms with E-state index >= 15 is 0 Å². The van der Waals surface area contributed by atoms with Crippen LogP contribution in [0.4, 0.5) is 0 Å². The van der Waals surface area contributed by atoms with E-state index in [0.717, 1.165) is 6.42 Å². The Bertz CT molecular complexity index is 538. The lowest BCUT2D eigenvalue weighted by Gasteiger charge is -2.04. The average molecular weight is 320 g/mol. The van der Waals surface area contributed by atoms with Crippen LogP contribution >= 0.6 is 38.9 Å². The maximum absolute atomic E-state index is 11.7. The van der Waals surface area contributed by atoms with Gasteiger partial charge in [0.25, 0.3) is 5.56 Å². The Labute approximate surface area is 110 Å². The molecule has 0 atom stereocenters. The summed E-state index contributed by atoms with van der Waals surface area (Å²) in [5.41, 5.74) is -0.142. The molecule has 0 aromatic carbocycles. The second-order valence-corrected chi connectivity index (χ2v) is 5.36. The lowest BCUT2D eigenvalue weighted by atomic mass is 10.3. The third-order valence-corrected chi connectivity index (χ3v) is 4.29. The van der Waals surface area contributed by atoms with Gasteiger partial charge in [0.15, 0.2) is 5.15 Å². The zero-order valence-corrected chi connectivity index (χ0v) is 11.3. The van der Waals surface area contributed by atoms with Crippen molar-refractivity contribution >= 4 is 38.9 Å². The normalized spacial score (nSPS) is 10.6. The van der Waals surface area contributed by atoms with Crippen molar-refractivity contribution in [2.24, 2.45) is 0 Å². The first-order chi connectivity index (χ1) is 7.68. The van der Waals surface area contributed by atoms with Crippen molar-refractivity contribution in [2.75, 3.05) is 0 Å². The van der Waals surface area contributed by atoms with Gasteiger partial charge >= 0.3 is 0 Å². The van der Waals surface area contributed by atoms with Gasteiger partial charge in [-0.2, -0.15) is 0 Å². The Hall–Kier alpha value is -0.650. The van der Waals surface area contributed by atoms with Crippen LogP contribution in [-0.4, -0.2) is 9.55 Å². The van der Waals surface area contributed by atoms with E-state index in [2.05, 4.69) is 20.9 Å². The first-order valence-corrected chi connectivity index (χ1v) is 6.66. The molecule has 2 rings (SSSR count). The van der Waals surface area contributed by atoms with Crippen LogP contribution in [0, 0.1) is 0 Å². The largest absolute Gasteiger partial charge is 0.298 e. The van der Waals surface area contributed by atoms with E-state index in [1.54, 1.807) is 15.9 Å². The first-order valence-electron chi connectivity index (χ1n) is 4.61. The van der Waals surface area contributed by atoms with Crippen LogP contribution in [0.15, 0.2) is 33.1 Å². The highest BCUT2D eigenvalue weighted by Gasteiger charge is 2.06. The number of aromatic nitrogens is 2. The van der Waals surface area contributed by atoms with Crippen LogP contribution in [0.25, 0.3) is 0 Å². The maximum Gasteiger partial charge on any atom is 0.269 e. The molecule has 0 saturated carbocycles. The molecule has 2 aromatic rings. The molecule has 3 nitrogen and oxygen atoms in total. The van der Waals surface area contributed by atoms with Gasteiger partial charge in [0, 0.05) is 11.4 Å². The van der Waals surface area contributed by atoms with Crippen LogP contribution < -0.4 is 5.56 Å². The smallest absolute Gasteiger partial charge is 0.269 e. The van der Waals surface area contributed by atoms with Crippen molar-refractivity contribution in [1.29, 1.82) is 0 Å². The van der Waals surface area contributed by atoms with E-state index in [-0.39, 0.29) is 10.7 Å². The van der Waals surface area contributed by atoms with Crippen LogP contribution in [-0.2, 0) is 13.0 Å². The number of aryl methyl sites for hydroxylation is 2. The van der Waals surface area contributed by atoms with E-state index < -0.39 is 0 Å². The highest BCUT2D eigenvalue weighted by atomic mass is 79.9. The summed E-state index contributed by atoms with van der Waals surface area (Å²) in [7, 11) is 0. The van der Waals surface area contributed by atoms with Crippen LogP contribution in [0.1, 0.15) is 4.88 Å². The summed E-state index contributed by atoms with van der Waals surface area (Å²) in [5.74, 6) is 0. The van der Waals surface area contributed by atoms with Gasteiger partial charge in [0.05, 0.1) is 6.33 Å². The molecule has 0 amide bonds. The van der Waals surface area contributed by atoms with E-state index in [9.17, 15) is 4.79 Å². The van der Waals surface area contributed by atoms with Crippen LogP contribution in [0.3, 0.4) is 0 Å². The third-order valence-electron chi connectivity index (χ3n) is 2.12. The molecule has 2 aromatic heterocycles. The molecular weight excluding hydrogens is 312 g/mol. The van der Waals surface area contributed by atoms with Gasteiger partial charge in [-0.05, 0) is 33.8 Å². The summed E-state index contributed by atoms with van der Waals surface area (Å²) in [5, 5.41) is 2.23. The molecule has 0 saturated heterocycles. The molecule has 84 valence electrons. The quantitative estimate of drug-likeness (QED) is 0.815. The number of hydrogen-bond donors (Lipinski definition) is 0. The fourth-order valence-corrected chi connectivity index (χ4v) is 2.44. The van der Waals surface area contributed by atoms with Crippen molar-refractivity contribution in [2.45, 2.75) is 13.0 Å². The van der Waals surface area contributed by atoms with Gasteiger partial charge in [-0.15, -0.1) is 11.3 Å². The monoisotopic (exact) mass is 318 g/mol. The molecule has 0 radical (unpaired) electrons. The summed E-state index contributed by atoms with van der Waals surface area (Å²) in [6.45, 7) is 0.613. The molecule has 0 spiro atoms. The summed E-state index contributed by atoms with van der Waals surface area (Å²) in [6, 6.07) is 4.05. The number of thiophene rings is 1. The Kier molecular flexibility index (Phi) is 3.78. The number of hydrogen-bond acceptors (Lipinski definition) is 3. The SMILES string of the molecule is O=c1c(Br)c(Cl)ncn1CCc1cccs1. The molecule has 0 bridgehead atoms. The van der Waals surface area contributed by atoms with Gasteiger partial charge in [0.1, 0.15) is 4.47 Å². The molecule has 16 heavy (non-hydrogen) atoms. The van der Waals surface area contributed by atoms with Gasteiger partial charge < -0.3 is 0 Å². The van der Waals surface area contributed by atoms with Gasteiger partial charge in [-0.1, -0.05) is 17.7 Å². The van der Waals surface area contributed by atoms with Crippen molar-refractivity contribution in [3.05, 3.63) is 48.7 Å². The zero-order valence-electron chi connectivity index (χ0n) is 8.19. The molecule has 0 unspecified atom stereocenters. The molecule has 0 N–H and O–H groups in total. The predicted octanol–water partition coefficient (Wildman–Crippen LogP) is 2.96. The molecule has 0 fully saturated rings. The minimum Gasteiger partial charge on any atom is -0.298 e. The summed E-state index contributed by atoms with van der Waals surface area (Å²) in [6.07, 6.45) is 2.30. The Morgan fingerprint density at radius 1 is 1.56 bits per heavy atom. The Morgan fingerprint density at radius 2 is 2.38 bits per heavy atom. The molecule has 0 aliphatic rings. The van der Waals surface area contributed by atoms with Crippen LogP contribution in [0.2, 0.25) is 5.15 Å². The second-order valence-electron chi connectivity index (χ2n) is 3.18. The van der Waals surface area contributed by atoms with E-state index in [4.69, 9.17) is 11.6 Å². The van der Waals surface area contributed by atoms with Crippen LogP contribution in [0.5, 0.6) is 0 Å². The van der Waals surface area contributed by atoms with Gasteiger partial charge in [-0.3, -0.25) is 9.36 Å². The fraction of sp³-hybridized carbons (Fsp3) is 0.200. The Morgan fingerprint density at radius 3 is 3.06 bits per heavy atom. The second kappa shape index (κ2) is 5.12. The topological polar surface area (TPSA) is 34.9 Å². The molecule has 0 aliphatic heterocycles. The lowest BCUT2D eigenvalue weighted by molar-refractivity contribution is 0.655. The molecule has 0 aliphatic carbocycles. The summed E-state index contributed by atoms with van der Waals surface area (Å²) >= 11 is 10.5. The van der Waals surface area contributed by atoms with Crippen molar-refractivity contribution < 1.29 is 0 Å². The van der Waals surface area contributed by atoms with Crippen molar-refractivity contribution in [3.8, 4) is 0 Å². The molecular formula is C10H8BrClN2OS. The van der Waals surface area contributed by atoms with E-state index in [1.165, 1.54) is 11.2 Å². The highest BCUT2D eigenvalue weighted by Crippen LogP contribution is 2.14. The Balaban J connectivity index is 2.17. The zero-order chi connectivity index (χ0) is 11.5. The summed E-state index contributed by atoms with van der Waals surface area (Å²) < 4.78 is 1.87. The average Bonchev–Trinajstić information content (AvgIpc) is 2.78. The van der Waals surface area contributed by atoms with E-state index in [0.29, 0.717) is 11.0 Å². The molecule has 2 heterocycles. The number of nitrogens with zero attached hydrogens (tertiary/aromatic N) is 2. The van der Waals surface area contributed by atoms with Gasteiger partial charge in [0.2, 0.25) is 0 Å². The maximum atomic E-state index is 11.7. The highest BCUT2D eigenvalue weighted by molar-refractivity contribution is 9.10. The molecule has 6 heteroatoms. The fourth-order valence-electron chi connectivity index (χ4n) is 1.29. The number of rotatable bonds is 3. The lowest BCUT2D eigenvalue weighted by Crippen LogP contribution is -2.22. The standard InChI is InChI=1S/C10H8BrClN2OS/c11-8-9(12)13-6-14(10(8)15)4-3-7-2-1-5-16-7/h1-2,5-6H,3-4H2. The van der Waals surface area contributed by atoms with Gasteiger partial charge in [-0.25, -0.2) is 4.98 Å². The third kappa shape index (κ3) is 2.53. The minimum absolute atomic E-state index is 0.142. The minimum atomic E-state index is -0.142. The predicted molar refractivity (Wildman–Crippen MR) is 69.2 cm³/mol. The van der Waals surface area contributed by atoms with E-state index in [1.807, 2.05) is 17.5 Å². The first kappa shape index (κ1) is 11.8. The number of halogens is 2. The summed E-state index contributed by atoms with van der Waals surface area (Å²) in [4.78, 5) is 16.9.